The molecule has 68 valence electrons. The topological polar surface area (TPSA) is 84.2 Å². The van der Waals surface area contributed by atoms with E-state index in [9.17, 15) is 9.59 Å². The number of rotatable bonds is 2. The highest BCUT2D eigenvalue weighted by Crippen LogP contribution is 2.05. The zero-order chi connectivity index (χ0) is 9.14. The van der Waals surface area contributed by atoms with Crippen LogP contribution in [-0.4, -0.2) is 24.0 Å². The molecule has 1 aliphatic heterocycles. The Bertz CT molecular complexity index is 203. The molecule has 12 heavy (non-hydrogen) atoms. The first-order chi connectivity index (χ1) is 5.59. The van der Waals surface area contributed by atoms with E-state index in [0.717, 1.165) is 0 Å². The van der Waals surface area contributed by atoms with Gasteiger partial charge in [-0.2, -0.15) is 0 Å². The van der Waals surface area contributed by atoms with E-state index in [4.69, 9.17) is 5.73 Å². The van der Waals surface area contributed by atoms with Crippen molar-refractivity contribution in [3.05, 3.63) is 0 Å². The monoisotopic (exact) mass is 171 g/mol. The summed E-state index contributed by atoms with van der Waals surface area (Å²) >= 11 is 0. The number of nitrogens with two attached hydrogens (primary N) is 1. The molecule has 0 aromatic carbocycles. The molecule has 4 N–H and O–H groups in total. The molecular formula is C7H13N3O2. The fourth-order valence-electron chi connectivity index (χ4n) is 1.14. The molecule has 0 saturated carbocycles. The predicted molar refractivity (Wildman–Crippen MR) is 43.0 cm³/mol. The summed E-state index contributed by atoms with van der Waals surface area (Å²) in [4.78, 5) is 21.9. The molecule has 1 heterocycles. The van der Waals surface area contributed by atoms with Gasteiger partial charge in [0.15, 0.2) is 0 Å². The minimum atomic E-state index is -0.386. The van der Waals surface area contributed by atoms with E-state index in [-0.39, 0.29) is 24.0 Å². The Morgan fingerprint density at radius 3 is 2.92 bits per heavy atom. The highest BCUT2D eigenvalue weighted by atomic mass is 16.2. The van der Waals surface area contributed by atoms with Crippen LogP contribution in [0.25, 0.3) is 0 Å². The Labute approximate surface area is 70.7 Å². The van der Waals surface area contributed by atoms with Crippen molar-refractivity contribution in [1.29, 1.82) is 0 Å². The first-order valence-corrected chi connectivity index (χ1v) is 3.95. The van der Waals surface area contributed by atoms with Gasteiger partial charge in [0, 0.05) is 6.42 Å². The van der Waals surface area contributed by atoms with Crippen molar-refractivity contribution >= 4 is 11.8 Å². The quantitative estimate of drug-likeness (QED) is 0.451. The molecule has 2 unspecified atom stereocenters. The minimum Gasteiger partial charge on any atom is -0.344 e. The molecule has 0 bridgehead atoms. The van der Waals surface area contributed by atoms with Gasteiger partial charge in [0.2, 0.25) is 11.8 Å². The highest BCUT2D eigenvalue weighted by Gasteiger charge is 2.27. The van der Waals surface area contributed by atoms with Crippen molar-refractivity contribution in [3.8, 4) is 0 Å². The van der Waals surface area contributed by atoms with Crippen LogP contribution >= 0.6 is 0 Å². The van der Waals surface area contributed by atoms with Crippen molar-refractivity contribution in [2.45, 2.75) is 32.0 Å². The van der Waals surface area contributed by atoms with Gasteiger partial charge in [0.05, 0.1) is 6.17 Å². The molecule has 0 aromatic heterocycles. The van der Waals surface area contributed by atoms with Gasteiger partial charge in [0.1, 0.15) is 6.04 Å². The molecule has 2 atom stereocenters. The lowest BCUT2D eigenvalue weighted by Crippen LogP contribution is -2.47. The van der Waals surface area contributed by atoms with E-state index >= 15 is 0 Å². The van der Waals surface area contributed by atoms with Crippen LogP contribution in [0.5, 0.6) is 0 Å². The normalized spacial score (nSPS) is 24.8. The molecule has 5 heteroatoms. The van der Waals surface area contributed by atoms with Crippen LogP contribution in [0.3, 0.4) is 0 Å². The number of hydrogen-bond donors (Lipinski definition) is 3. The Morgan fingerprint density at radius 1 is 1.83 bits per heavy atom. The Kier molecular flexibility index (Phi) is 2.65. The summed E-state index contributed by atoms with van der Waals surface area (Å²) in [7, 11) is 0. The maximum atomic E-state index is 11.2. The Morgan fingerprint density at radius 2 is 2.50 bits per heavy atom. The number of carbonyl (C=O) groups is 2. The number of carbonyl (C=O) groups excluding carboxylic acids is 2. The van der Waals surface area contributed by atoms with Crippen molar-refractivity contribution in [3.63, 3.8) is 0 Å². The third-order valence-electron chi connectivity index (χ3n) is 1.68. The van der Waals surface area contributed by atoms with E-state index in [2.05, 4.69) is 10.6 Å². The van der Waals surface area contributed by atoms with Gasteiger partial charge in [-0.05, 0) is 13.3 Å². The van der Waals surface area contributed by atoms with Crippen molar-refractivity contribution in [2.24, 2.45) is 5.73 Å². The lowest BCUT2D eigenvalue weighted by molar-refractivity contribution is -0.126. The van der Waals surface area contributed by atoms with Crippen LogP contribution in [-0.2, 0) is 9.59 Å². The largest absolute Gasteiger partial charge is 0.344 e. The average Bonchev–Trinajstić information content (AvgIpc) is 2.34. The summed E-state index contributed by atoms with van der Waals surface area (Å²) < 4.78 is 0. The van der Waals surface area contributed by atoms with Crippen LogP contribution < -0.4 is 16.4 Å². The smallest absolute Gasteiger partial charge is 0.243 e. The first kappa shape index (κ1) is 8.99. The molecule has 0 aromatic rings. The fraction of sp³-hybridized carbons (Fsp3) is 0.714. The summed E-state index contributed by atoms with van der Waals surface area (Å²) in [6, 6.07) is -0.386. The van der Waals surface area contributed by atoms with E-state index in [1.165, 1.54) is 0 Å². The van der Waals surface area contributed by atoms with Gasteiger partial charge in [-0.15, -0.1) is 0 Å². The summed E-state index contributed by atoms with van der Waals surface area (Å²) in [5, 5.41) is 5.08. The second kappa shape index (κ2) is 3.53. The zero-order valence-corrected chi connectivity index (χ0v) is 6.96. The highest BCUT2D eigenvalue weighted by molar-refractivity contribution is 5.90. The van der Waals surface area contributed by atoms with E-state index < -0.39 is 0 Å². The third kappa shape index (κ3) is 2.20. The summed E-state index contributed by atoms with van der Waals surface area (Å²) in [6.07, 6.45) is 0.629. The summed E-state index contributed by atoms with van der Waals surface area (Å²) in [6.45, 7) is 1.68. The zero-order valence-electron chi connectivity index (χ0n) is 6.96. The average molecular weight is 171 g/mol. The molecular weight excluding hydrogens is 158 g/mol. The lowest BCUT2D eigenvalue weighted by Gasteiger charge is -2.12. The molecule has 5 nitrogen and oxygen atoms in total. The van der Waals surface area contributed by atoms with Crippen LogP contribution in [0.4, 0.5) is 0 Å². The van der Waals surface area contributed by atoms with Crippen LogP contribution in [0.2, 0.25) is 0 Å². The van der Waals surface area contributed by atoms with Gasteiger partial charge in [-0.25, -0.2) is 0 Å². The maximum absolute atomic E-state index is 11.2. The van der Waals surface area contributed by atoms with E-state index in [0.29, 0.717) is 12.8 Å². The maximum Gasteiger partial charge on any atom is 0.243 e. The lowest BCUT2D eigenvalue weighted by atomic mass is 10.2. The summed E-state index contributed by atoms with van der Waals surface area (Å²) in [5.74, 6) is -0.268. The van der Waals surface area contributed by atoms with Crippen LogP contribution in [0.1, 0.15) is 19.8 Å². The predicted octanol–water partition coefficient (Wildman–Crippen LogP) is -1.31. The second-order valence-electron chi connectivity index (χ2n) is 2.96. The molecule has 0 aliphatic carbocycles. The van der Waals surface area contributed by atoms with Crippen LogP contribution in [0.15, 0.2) is 0 Å². The first-order valence-electron chi connectivity index (χ1n) is 3.95. The van der Waals surface area contributed by atoms with Gasteiger partial charge in [-0.1, -0.05) is 0 Å². The van der Waals surface area contributed by atoms with Crippen LogP contribution in [0, 0.1) is 0 Å². The summed E-state index contributed by atoms with van der Waals surface area (Å²) in [5.41, 5.74) is 5.35. The second-order valence-corrected chi connectivity index (χ2v) is 2.96. The number of hydrogen-bond acceptors (Lipinski definition) is 3. The molecule has 1 saturated heterocycles. The Balaban J connectivity index is 2.38. The van der Waals surface area contributed by atoms with E-state index in [1.54, 1.807) is 6.92 Å². The van der Waals surface area contributed by atoms with Gasteiger partial charge < -0.3 is 16.4 Å². The Hall–Kier alpha value is -1.10. The number of amides is 2. The van der Waals surface area contributed by atoms with Crippen molar-refractivity contribution in [2.75, 3.05) is 0 Å². The van der Waals surface area contributed by atoms with Gasteiger partial charge >= 0.3 is 0 Å². The molecule has 1 rings (SSSR count). The molecule has 0 spiro atoms. The standard InChI is InChI=1S/C7H13N3O2/c1-4(8)9-7(12)5-2-3-6(11)10-5/h4-5H,2-3,8H2,1H3,(H,9,12)(H,10,11). The van der Waals surface area contributed by atoms with E-state index in [1.807, 2.05) is 0 Å². The molecule has 1 fully saturated rings. The molecule has 2 amide bonds. The van der Waals surface area contributed by atoms with Crippen molar-refractivity contribution < 1.29 is 9.59 Å². The molecule has 0 radical (unpaired) electrons. The minimum absolute atomic E-state index is 0.0696. The number of nitrogens with one attached hydrogen (secondary N) is 2. The third-order valence-corrected chi connectivity index (χ3v) is 1.68. The van der Waals surface area contributed by atoms with Gasteiger partial charge in [0.25, 0.3) is 0 Å². The van der Waals surface area contributed by atoms with Gasteiger partial charge in [-0.3, -0.25) is 9.59 Å². The molecule has 1 aliphatic rings. The fourth-order valence-corrected chi connectivity index (χ4v) is 1.14. The van der Waals surface area contributed by atoms with Crippen molar-refractivity contribution in [1.82, 2.24) is 10.6 Å². The SMILES string of the molecule is CC(N)NC(=O)C1CCC(=O)N1.